The second kappa shape index (κ2) is 6.98. The van der Waals surface area contributed by atoms with Crippen molar-refractivity contribution < 1.29 is 4.42 Å². The minimum Gasteiger partial charge on any atom is -0.469 e. The van der Waals surface area contributed by atoms with Gasteiger partial charge in [0.15, 0.2) is 0 Å². The molecule has 18 heavy (non-hydrogen) atoms. The standard InChI is InChI=1S/C16H27NO/c1-3-13-7-9-14(10-8-13)16(17-4-2)12-15-6-5-11-18-15/h5-6,11,13-14,16-17H,3-4,7-10,12H2,1-2H3. The smallest absolute Gasteiger partial charge is 0.105 e. The monoisotopic (exact) mass is 249 g/mol. The summed E-state index contributed by atoms with van der Waals surface area (Å²) in [5, 5.41) is 3.66. The van der Waals surface area contributed by atoms with Crippen molar-refractivity contribution in [2.75, 3.05) is 6.54 Å². The molecule has 0 saturated heterocycles. The Hall–Kier alpha value is -0.760. The van der Waals surface area contributed by atoms with Crippen LogP contribution in [-0.2, 0) is 6.42 Å². The zero-order valence-electron chi connectivity index (χ0n) is 11.8. The number of likely N-dealkylation sites (N-methyl/N-ethyl adjacent to an activating group) is 1. The fourth-order valence-corrected chi connectivity index (χ4v) is 3.31. The highest BCUT2D eigenvalue weighted by atomic mass is 16.3. The molecule has 0 aliphatic heterocycles. The molecule has 0 spiro atoms. The summed E-state index contributed by atoms with van der Waals surface area (Å²) < 4.78 is 5.50. The highest BCUT2D eigenvalue weighted by Gasteiger charge is 2.27. The Morgan fingerprint density at radius 3 is 2.61 bits per heavy atom. The predicted octanol–water partition coefficient (Wildman–Crippen LogP) is 4.02. The Bertz CT molecular complexity index is 312. The summed E-state index contributed by atoms with van der Waals surface area (Å²) in [7, 11) is 0. The molecule has 1 aromatic heterocycles. The van der Waals surface area contributed by atoms with Crippen LogP contribution in [0.15, 0.2) is 22.8 Å². The Kier molecular flexibility index (Phi) is 5.30. The maximum absolute atomic E-state index is 5.50. The summed E-state index contributed by atoms with van der Waals surface area (Å²) in [5.41, 5.74) is 0. The molecule has 0 amide bonds. The van der Waals surface area contributed by atoms with Crippen LogP contribution >= 0.6 is 0 Å². The van der Waals surface area contributed by atoms with Gasteiger partial charge in [-0.25, -0.2) is 0 Å². The van der Waals surface area contributed by atoms with E-state index in [4.69, 9.17) is 4.42 Å². The van der Waals surface area contributed by atoms with Gasteiger partial charge < -0.3 is 9.73 Å². The quantitative estimate of drug-likeness (QED) is 0.824. The van der Waals surface area contributed by atoms with Crippen molar-refractivity contribution in [1.29, 1.82) is 0 Å². The first-order chi connectivity index (χ1) is 8.83. The third-order valence-corrected chi connectivity index (χ3v) is 4.51. The highest BCUT2D eigenvalue weighted by molar-refractivity contribution is 5.01. The first-order valence-corrected chi connectivity index (χ1v) is 7.59. The molecule has 1 aliphatic rings. The largest absolute Gasteiger partial charge is 0.469 e. The van der Waals surface area contributed by atoms with Gasteiger partial charge >= 0.3 is 0 Å². The van der Waals surface area contributed by atoms with Crippen LogP contribution in [0.3, 0.4) is 0 Å². The van der Waals surface area contributed by atoms with Gasteiger partial charge in [-0.15, -0.1) is 0 Å². The van der Waals surface area contributed by atoms with E-state index in [2.05, 4.69) is 25.2 Å². The van der Waals surface area contributed by atoms with E-state index in [1.54, 1.807) is 6.26 Å². The third kappa shape index (κ3) is 3.61. The van der Waals surface area contributed by atoms with Gasteiger partial charge in [-0.1, -0.05) is 33.1 Å². The lowest BCUT2D eigenvalue weighted by Crippen LogP contribution is -2.39. The summed E-state index contributed by atoms with van der Waals surface area (Å²) in [6, 6.07) is 4.69. The molecule has 1 atom stereocenters. The lowest BCUT2D eigenvalue weighted by Gasteiger charge is -2.33. The predicted molar refractivity (Wildman–Crippen MR) is 75.6 cm³/mol. The second-order valence-electron chi connectivity index (χ2n) is 5.64. The molecule has 1 heterocycles. The number of hydrogen-bond acceptors (Lipinski definition) is 2. The molecular formula is C16H27NO. The Morgan fingerprint density at radius 2 is 2.06 bits per heavy atom. The number of nitrogens with one attached hydrogen (secondary N) is 1. The van der Waals surface area contributed by atoms with E-state index in [9.17, 15) is 0 Å². The van der Waals surface area contributed by atoms with Crippen molar-refractivity contribution in [3.63, 3.8) is 0 Å². The Balaban J connectivity index is 1.89. The Labute approximate surface area is 111 Å². The summed E-state index contributed by atoms with van der Waals surface area (Å²) in [6.07, 6.45) is 9.79. The lowest BCUT2D eigenvalue weighted by atomic mass is 9.76. The molecule has 1 N–H and O–H groups in total. The number of rotatable bonds is 6. The van der Waals surface area contributed by atoms with Crippen molar-refractivity contribution in [3.8, 4) is 0 Å². The van der Waals surface area contributed by atoms with Crippen LogP contribution in [0.25, 0.3) is 0 Å². The van der Waals surface area contributed by atoms with E-state index in [1.165, 1.54) is 32.1 Å². The molecule has 0 aromatic carbocycles. The van der Waals surface area contributed by atoms with Crippen LogP contribution in [0.4, 0.5) is 0 Å². The molecule has 1 unspecified atom stereocenters. The molecule has 2 rings (SSSR count). The van der Waals surface area contributed by atoms with Crippen molar-refractivity contribution in [1.82, 2.24) is 5.32 Å². The maximum Gasteiger partial charge on any atom is 0.105 e. The highest BCUT2D eigenvalue weighted by Crippen LogP contribution is 2.33. The topological polar surface area (TPSA) is 25.2 Å². The molecule has 1 aliphatic carbocycles. The van der Waals surface area contributed by atoms with Crippen LogP contribution in [0.5, 0.6) is 0 Å². The van der Waals surface area contributed by atoms with Gasteiger partial charge in [0.05, 0.1) is 6.26 Å². The molecule has 0 bridgehead atoms. The summed E-state index contributed by atoms with van der Waals surface area (Å²) in [5.74, 6) is 2.93. The van der Waals surface area contributed by atoms with Gasteiger partial charge in [-0.2, -0.15) is 0 Å². The minimum atomic E-state index is 0.596. The van der Waals surface area contributed by atoms with Gasteiger partial charge in [0.2, 0.25) is 0 Å². The molecule has 1 fully saturated rings. The van der Waals surface area contributed by atoms with E-state index in [1.807, 2.05) is 6.07 Å². The van der Waals surface area contributed by atoms with Gasteiger partial charge in [-0.05, 0) is 43.4 Å². The van der Waals surface area contributed by atoms with Crippen LogP contribution in [-0.4, -0.2) is 12.6 Å². The van der Waals surface area contributed by atoms with E-state index >= 15 is 0 Å². The van der Waals surface area contributed by atoms with Crippen molar-refractivity contribution in [2.45, 2.75) is 58.4 Å². The average molecular weight is 249 g/mol. The van der Waals surface area contributed by atoms with Crippen LogP contribution in [0, 0.1) is 11.8 Å². The molecule has 1 aromatic rings. The number of furan rings is 1. The maximum atomic E-state index is 5.50. The SMILES string of the molecule is CCNC(Cc1ccco1)C1CCC(CC)CC1. The van der Waals surface area contributed by atoms with E-state index < -0.39 is 0 Å². The van der Waals surface area contributed by atoms with Gasteiger partial charge in [0, 0.05) is 12.5 Å². The minimum absolute atomic E-state index is 0.596. The summed E-state index contributed by atoms with van der Waals surface area (Å²) in [6.45, 7) is 5.58. The first kappa shape index (κ1) is 13.7. The van der Waals surface area contributed by atoms with Crippen molar-refractivity contribution in [2.24, 2.45) is 11.8 Å². The Morgan fingerprint density at radius 1 is 1.28 bits per heavy atom. The van der Waals surface area contributed by atoms with E-state index in [0.29, 0.717) is 6.04 Å². The number of hydrogen-bond donors (Lipinski definition) is 1. The molecule has 102 valence electrons. The fourth-order valence-electron chi connectivity index (χ4n) is 3.31. The van der Waals surface area contributed by atoms with Crippen molar-refractivity contribution in [3.05, 3.63) is 24.2 Å². The molecule has 2 nitrogen and oxygen atoms in total. The van der Waals surface area contributed by atoms with Gasteiger partial charge in [-0.3, -0.25) is 0 Å². The van der Waals surface area contributed by atoms with Crippen molar-refractivity contribution >= 4 is 0 Å². The zero-order valence-corrected chi connectivity index (χ0v) is 11.8. The van der Waals surface area contributed by atoms with Crippen LogP contribution < -0.4 is 5.32 Å². The molecule has 0 radical (unpaired) electrons. The van der Waals surface area contributed by atoms with Gasteiger partial charge in [0.1, 0.15) is 5.76 Å². The van der Waals surface area contributed by atoms with Crippen LogP contribution in [0.1, 0.15) is 51.7 Å². The third-order valence-electron chi connectivity index (χ3n) is 4.51. The van der Waals surface area contributed by atoms with E-state index in [-0.39, 0.29) is 0 Å². The normalized spacial score (nSPS) is 26.1. The first-order valence-electron chi connectivity index (χ1n) is 7.59. The fraction of sp³-hybridized carbons (Fsp3) is 0.750. The molecular weight excluding hydrogens is 222 g/mol. The molecule has 1 saturated carbocycles. The lowest BCUT2D eigenvalue weighted by molar-refractivity contribution is 0.213. The summed E-state index contributed by atoms with van der Waals surface area (Å²) in [4.78, 5) is 0. The zero-order chi connectivity index (χ0) is 12.8. The average Bonchev–Trinajstić information content (AvgIpc) is 2.91. The second-order valence-corrected chi connectivity index (χ2v) is 5.64. The van der Waals surface area contributed by atoms with Crippen LogP contribution in [0.2, 0.25) is 0 Å². The van der Waals surface area contributed by atoms with E-state index in [0.717, 1.165) is 30.6 Å². The molecule has 2 heteroatoms. The summed E-state index contributed by atoms with van der Waals surface area (Å²) >= 11 is 0. The van der Waals surface area contributed by atoms with Gasteiger partial charge in [0.25, 0.3) is 0 Å².